The lowest BCUT2D eigenvalue weighted by molar-refractivity contribution is -0.131. The van der Waals surface area contributed by atoms with E-state index >= 15 is 0 Å². The van der Waals surface area contributed by atoms with Crippen LogP contribution in [0.4, 0.5) is 0 Å². The second kappa shape index (κ2) is 7.02. The van der Waals surface area contributed by atoms with Gasteiger partial charge in [0.1, 0.15) is 0 Å². The summed E-state index contributed by atoms with van der Waals surface area (Å²) in [5.41, 5.74) is 1.16. The predicted octanol–water partition coefficient (Wildman–Crippen LogP) is 2.26. The zero-order chi connectivity index (χ0) is 16.0. The third kappa shape index (κ3) is 4.28. The Labute approximate surface area is 129 Å². The first-order chi connectivity index (χ1) is 10.5. The Morgan fingerprint density at radius 1 is 1.05 bits per heavy atom. The number of sulfonamides is 1. The molecular weight excluding hydrogens is 302 g/mol. The highest BCUT2D eigenvalue weighted by molar-refractivity contribution is 7.89. The molecule has 2 N–H and O–H groups in total. The molecule has 0 heterocycles. The van der Waals surface area contributed by atoms with Crippen molar-refractivity contribution in [1.29, 1.82) is 0 Å². The molecule has 0 aliphatic heterocycles. The normalized spacial score (nSPS) is 11.6. The summed E-state index contributed by atoms with van der Waals surface area (Å²) in [4.78, 5) is 10.6. The summed E-state index contributed by atoms with van der Waals surface area (Å²) in [5, 5.41) is 8.67. The van der Waals surface area contributed by atoms with Crippen molar-refractivity contribution in [2.45, 2.75) is 11.4 Å². The van der Waals surface area contributed by atoms with Crippen LogP contribution in [0.5, 0.6) is 0 Å². The van der Waals surface area contributed by atoms with Gasteiger partial charge in [-0.1, -0.05) is 48.5 Å². The third-order valence-corrected chi connectivity index (χ3v) is 4.40. The van der Waals surface area contributed by atoms with Crippen molar-refractivity contribution in [2.24, 2.45) is 0 Å². The van der Waals surface area contributed by atoms with E-state index in [1.54, 1.807) is 18.2 Å². The molecular formula is C16H15NO4S. The summed E-state index contributed by atoms with van der Waals surface area (Å²) in [5.74, 6) is -1.13. The fourth-order valence-corrected chi connectivity index (χ4v) is 3.09. The molecule has 0 aromatic heterocycles. The van der Waals surface area contributed by atoms with Gasteiger partial charge in [-0.05, 0) is 23.3 Å². The minimum Gasteiger partial charge on any atom is -0.478 e. The van der Waals surface area contributed by atoms with Crippen molar-refractivity contribution >= 4 is 22.1 Å². The molecule has 0 fully saturated rings. The second-order valence-electron chi connectivity index (χ2n) is 4.52. The largest absolute Gasteiger partial charge is 0.478 e. The van der Waals surface area contributed by atoms with Crippen LogP contribution in [0.2, 0.25) is 0 Å². The molecule has 0 aliphatic carbocycles. The van der Waals surface area contributed by atoms with E-state index in [1.165, 1.54) is 12.1 Å². The number of rotatable bonds is 6. The van der Waals surface area contributed by atoms with Gasteiger partial charge in [0.05, 0.1) is 4.90 Å². The number of benzene rings is 2. The van der Waals surface area contributed by atoms with Crippen molar-refractivity contribution in [3.05, 3.63) is 71.8 Å². The highest BCUT2D eigenvalue weighted by Gasteiger charge is 2.16. The second-order valence-corrected chi connectivity index (χ2v) is 6.25. The van der Waals surface area contributed by atoms with Gasteiger partial charge in [-0.15, -0.1) is 0 Å². The van der Waals surface area contributed by atoms with Crippen LogP contribution in [0.1, 0.15) is 11.1 Å². The fraction of sp³-hybridized carbons (Fsp3) is 0.0625. The molecule has 2 aromatic rings. The maximum atomic E-state index is 12.4. The lowest BCUT2D eigenvalue weighted by Gasteiger charge is -2.09. The molecule has 6 heteroatoms. The molecule has 22 heavy (non-hydrogen) atoms. The Kier molecular flexibility index (Phi) is 5.08. The standard InChI is InChI=1S/C16H15NO4S/c18-16(19)11-10-14-8-4-5-9-15(14)22(20,21)17-12-13-6-2-1-3-7-13/h1-11,17H,12H2,(H,18,19). The van der Waals surface area contributed by atoms with E-state index < -0.39 is 16.0 Å². The zero-order valence-corrected chi connectivity index (χ0v) is 12.5. The lowest BCUT2D eigenvalue weighted by Crippen LogP contribution is -2.23. The number of carboxylic acids is 1. The van der Waals surface area contributed by atoms with Gasteiger partial charge in [-0.25, -0.2) is 17.9 Å². The third-order valence-electron chi connectivity index (χ3n) is 2.92. The van der Waals surface area contributed by atoms with Gasteiger partial charge in [0.2, 0.25) is 10.0 Å². The summed E-state index contributed by atoms with van der Waals surface area (Å²) < 4.78 is 27.3. The SMILES string of the molecule is O=C(O)C=Cc1ccccc1S(=O)(=O)NCc1ccccc1. The van der Waals surface area contributed by atoms with Crippen LogP contribution in [-0.2, 0) is 21.4 Å². The van der Waals surface area contributed by atoms with E-state index in [1.807, 2.05) is 30.3 Å². The Balaban J connectivity index is 2.24. The Bertz CT molecular complexity index is 783. The van der Waals surface area contributed by atoms with E-state index in [4.69, 9.17) is 5.11 Å². The number of aliphatic carboxylic acids is 1. The van der Waals surface area contributed by atoms with Crippen LogP contribution in [0.3, 0.4) is 0 Å². The lowest BCUT2D eigenvalue weighted by atomic mass is 10.2. The molecule has 0 unspecified atom stereocenters. The average Bonchev–Trinajstić information content (AvgIpc) is 2.52. The maximum absolute atomic E-state index is 12.4. The van der Waals surface area contributed by atoms with Gasteiger partial charge < -0.3 is 5.11 Å². The topological polar surface area (TPSA) is 83.5 Å². The molecule has 2 aromatic carbocycles. The van der Waals surface area contributed by atoms with E-state index in [0.29, 0.717) is 5.56 Å². The number of hydrogen-bond acceptors (Lipinski definition) is 3. The minimum absolute atomic E-state index is 0.0448. The molecule has 0 bridgehead atoms. The van der Waals surface area contributed by atoms with Crippen molar-refractivity contribution < 1.29 is 18.3 Å². The van der Waals surface area contributed by atoms with Gasteiger partial charge in [0, 0.05) is 12.6 Å². The van der Waals surface area contributed by atoms with Crippen molar-refractivity contribution in [1.82, 2.24) is 4.72 Å². The van der Waals surface area contributed by atoms with Crippen molar-refractivity contribution in [3.63, 3.8) is 0 Å². The smallest absolute Gasteiger partial charge is 0.328 e. The number of carbonyl (C=O) groups is 1. The monoisotopic (exact) mass is 317 g/mol. The summed E-state index contributed by atoms with van der Waals surface area (Å²) in [7, 11) is -3.73. The summed E-state index contributed by atoms with van der Waals surface area (Å²) in [6.07, 6.45) is 2.17. The van der Waals surface area contributed by atoms with E-state index in [2.05, 4.69) is 4.72 Å². The summed E-state index contributed by atoms with van der Waals surface area (Å²) in [6, 6.07) is 15.4. The highest BCUT2D eigenvalue weighted by Crippen LogP contribution is 2.17. The molecule has 0 radical (unpaired) electrons. The minimum atomic E-state index is -3.73. The van der Waals surface area contributed by atoms with Crippen LogP contribution in [0.15, 0.2) is 65.6 Å². The summed E-state index contributed by atoms with van der Waals surface area (Å²) >= 11 is 0. The quantitative estimate of drug-likeness (QED) is 0.801. The molecule has 0 amide bonds. The molecule has 0 saturated heterocycles. The van der Waals surface area contributed by atoms with Crippen LogP contribution in [0, 0.1) is 0 Å². The van der Waals surface area contributed by atoms with Gasteiger partial charge in [0.15, 0.2) is 0 Å². The fourth-order valence-electron chi connectivity index (χ4n) is 1.88. The Morgan fingerprint density at radius 2 is 1.68 bits per heavy atom. The highest BCUT2D eigenvalue weighted by atomic mass is 32.2. The average molecular weight is 317 g/mol. The predicted molar refractivity (Wildman–Crippen MR) is 83.6 cm³/mol. The van der Waals surface area contributed by atoms with E-state index in [-0.39, 0.29) is 11.4 Å². The molecule has 0 aliphatic rings. The van der Waals surface area contributed by atoms with Crippen molar-refractivity contribution in [2.75, 3.05) is 0 Å². The molecule has 114 valence electrons. The molecule has 5 nitrogen and oxygen atoms in total. The number of hydrogen-bond donors (Lipinski definition) is 2. The molecule has 0 atom stereocenters. The zero-order valence-electron chi connectivity index (χ0n) is 11.6. The molecule has 0 saturated carbocycles. The number of carboxylic acid groups (broad SMARTS) is 1. The Hall–Kier alpha value is -2.44. The first kappa shape index (κ1) is 15.9. The first-order valence-corrected chi connectivity index (χ1v) is 8.01. The molecule has 2 rings (SSSR count). The van der Waals surface area contributed by atoms with Crippen LogP contribution >= 0.6 is 0 Å². The number of nitrogens with one attached hydrogen (secondary N) is 1. The van der Waals surface area contributed by atoms with Gasteiger partial charge in [-0.2, -0.15) is 0 Å². The van der Waals surface area contributed by atoms with E-state index in [0.717, 1.165) is 11.6 Å². The first-order valence-electron chi connectivity index (χ1n) is 6.53. The van der Waals surface area contributed by atoms with E-state index in [9.17, 15) is 13.2 Å². The van der Waals surface area contributed by atoms with Crippen LogP contribution in [-0.4, -0.2) is 19.5 Å². The summed E-state index contributed by atoms with van der Waals surface area (Å²) in [6.45, 7) is 0.167. The van der Waals surface area contributed by atoms with Crippen molar-refractivity contribution in [3.8, 4) is 0 Å². The van der Waals surface area contributed by atoms with Gasteiger partial charge >= 0.3 is 5.97 Å². The molecule has 0 spiro atoms. The Morgan fingerprint density at radius 3 is 2.36 bits per heavy atom. The van der Waals surface area contributed by atoms with Crippen LogP contribution in [0.25, 0.3) is 6.08 Å². The van der Waals surface area contributed by atoms with Gasteiger partial charge in [-0.3, -0.25) is 0 Å². The van der Waals surface area contributed by atoms with Crippen LogP contribution < -0.4 is 4.72 Å². The maximum Gasteiger partial charge on any atom is 0.328 e. The van der Waals surface area contributed by atoms with Gasteiger partial charge in [0.25, 0.3) is 0 Å².